The number of aliphatic carboxylic acids is 1. The van der Waals surface area contributed by atoms with Crippen LogP contribution >= 0.6 is 0 Å². The van der Waals surface area contributed by atoms with Gasteiger partial charge in [0.2, 0.25) is 5.91 Å². The monoisotopic (exact) mass is 297 g/mol. The first-order valence-corrected chi connectivity index (χ1v) is 7.46. The van der Waals surface area contributed by atoms with Crippen molar-refractivity contribution >= 4 is 17.9 Å². The van der Waals surface area contributed by atoms with E-state index < -0.39 is 11.5 Å². The Kier molecular flexibility index (Phi) is 4.39. The maximum Gasteiger partial charge on any atom is 0.329 e. The number of carbonyl (C=O) groups is 3. The Morgan fingerprint density at radius 2 is 1.95 bits per heavy atom. The first-order chi connectivity index (χ1) is 9.92. The zero-order valence-electron chi connectivity index (χ0n) is 12.7. The van der Waals surface area contributed by atoms with Crippen molar-refractivity contribution in [3.63, 3.8) is 0 Å². The van der Waals surface area contributed by atoms with Gasteiger partial charge in [-0.1, -0.05) is 6.92 Å². The molecule has 0 bridgehead atoms. The molecule has 7 heteroatoms. The summed E-state index contributed by atoms with van der Waals surface area (Å²) in [6.45, 7) is 3.39. The normalized spacial score (nSPS) is 27.0. The van der Waals surface area contributed by atoms with Gasteiger partial charge in [-0.2, -0.15) is 0 Å². The molecular formula is C14H23N3O4. The van der Waals surface area contributed by atoms with Crippen molar-refractivity contribution in [2.45, 2.75) is 38.1 Å². The quantitative estimate of drug-likeness (QED) is 0.809. The molecule has 1 atom stereocenters. The fourth-order valence-corrected chi connectivity index (χ4v) is 3.22. The molecule has 0 radical (unpaired) electrons. The number of likely N-dealkylation sites (tertiary alicyclic amines) is 1. The van der Waals surface area contributed by atoms with Gasteiger partial charge in [0.1, 0.15) is 12.1 Å². The Bertz CT molecular complexity index is 454. The Labute approximate surface area is 124 Å². The zero-order valence-corrected chi connectivity index (χ0v) is 12.7. The van der Waals surface area contributed by atoms with Crippen LogP contribution in [0.25, 0.3) is 0 Å². The molecule has 2 aliphatic heterocycles. The van der Waals surface area contributed by atoms with Gasteiger partial charge in [-0.05, 0) is 25.7 Å². The maximum absolute atomic E-state index is 12.7. The highest BCUT2D eigenvalue weighted by Gasteiger charge is 2.49. The largest absolute Gasteiger partial charge is 0.479 e. The van der Waals surface area contributed by atoms with E-state index in [4.69, 9.17) is 0 Å². The van der Waals surface area contributed by atoms with Crippen molar-refractivity contribution in [2.24, 2.45) is 0 Å². The van der Waals surface area contributed by atoms with E-state index in [0.717, 1.165) is 0 Å². The summed E-state index contributed by atoms with van der Waals surface area (Å²) < 4.78 is 0. The Balaban J connectivity index is 2.18. The highest BCUT2D eigenvalue weighted by atomic mass is 16.4. The summed E-state index contributed by atoms with van der Waals surface area (Å²) in [4.78, 5) is 40.8. The van der Waals surface area contributed by atoms with Crippen molar-refractivity contribution < 1.29 is 19.5 Å². The minimum absolute atomic E-state index is 0.0330. The summed E-state index contributed by atoms with van der Waals surface area (Å²) >= 11 is 0. The standard InChI is InChI=1S/C14H23N3O4/c1-3-14(12(19)20)6-4-9-17(14)13(21)16-8-5-7-15(2)11(18)10-16/h3-10H2,1-2H3,(H,19,20). The van der Waals surface area contributed by atoms with Gasteiger partial charge in [0.25, 0.3) is 0 Å². The van der Waals surface area contributed by atoms with E-state index >= 15 is 0 Å². The molecule has 2 saturated heterocycles. The van der Waals surface area contributed by atoms with Crippen LogP contribution in [-0.4, -0.2) is 76.5 Å². The van der Waals surface area contributed by atoms with Crippen molar-refractivity contribution in [2.75, 3.05) is 33.2 Å². The highest BCUT2D eigenvalue weighted by Crippen LogP contribution is 2.33. The number of rotatable bonds is 2. The predicted octanol–water partition coefficient (Wildman–Crippen LogP) is 0.600. The van der Waals surface area contributed by atoms with Gasteiger partial charge in [-0.15, -0.1) is 0 Å². The molecule has 0 saturated carbocycles. The number of urea groups is 1. The van der Waals surface area contributed by atoms with Crippen molar-refractivity contribution in [1.82, 2.24) is 14.7 Å². The van der Waals surface area contributed by atoms with E-state index in [2.05, 4.69) is 0 Å². The van der Waals surface area contributed by atoms with E-state index in [9.17, 15) is 19.5 Å². The summed E-state index contributed by atoms with van der Waals surface area (Å²) in [6.07, 6.45) is 2.27. The minimum Gasteiger partial charge on any atom is -0.479 e. The second-order valence-corrected chi connectivity index (χ2v) is 5.82. The SMILES string of the molecule is CCC1(C(=O)O)CCCN1C(=O)N1CCCN(C)C(=O)C1. The van der Waals surface area contributed by atoms with Crippen LogP contribution in [0.3, 0.4) is 0 Å². The fraction of sp³-hybridized carbons (Fsp3) is 0.786. The molecule has 0 aliphatic carbocycles. The average molecular weight is 297 g/mol. The van der Waals surface area contributed by atoms with Gasteiger partial charge in [0, 0.05) is 26.7 Å². The minimum atomic E-state index is -1.11. The lowest BCUT2D eigenvalue weighted by molar-refractivity contribution is -0.148. The van der Waals surface area contributed by atoms with Gasteiger partial charge in [0.05, 0.1) is 0 Å². The molecule has 7 nitrogen and oxygen atoms in total. The molecule has 0 aromatic heterocycles. The number of hydrogen-bond donors (Lipinski definition) is 1. The number of carboxylic acids is 1. The predicted molar refractivity (Wildman–Crippen MR) is 75.8 cm³/mol. The van der Waals surface area contributed by atoms with E-state index in [1.165, 1.54) is 9.80 Å². The topological polar surface area (TPSA) is 81.2 Å². The summed E-state index contributed by atoms with van der Waals surface area (Å²) in [5.74, 6) is -1.05. The molecule has 118 valence electrons. The number of amides is 3. The lowest BCUT2D eigenvalue weighted by Gasteiger charge is -2.37. The smallest absolute Gasteiger partial charge is 0.329 e. The molecule has 0 aromatic carbocycles. The average Bonchev–Trinajstić information content (AvgIpc) is 2.82. The van der Waals surface area contributed by atoms with Crippen LogP contribution < -0.4 is 0 Å². The molecule has 3 amide bonds. The second-order valence-electron chi connectivity index (χ2n) is 5.82. The summed E-state index contributed by atoms with van der Waals surface area (Å²) in [5, 5.41) is 9.54. The Morgan fingerprint density at radius 3 is 2.57 bits per heavy atom. The first kappa shape index (κ1) is 15.6. The molecule has 2 aliphatic rings. The number of carbonyl (C=O) groups excluding carboxylic acids is 2. The summed E-state index contributed by atoms with van der Waals surface area (Å²) in [5.41, 5.74) is -1.11. The van der Waals surface area contributed by atoms with Gasteiger partial charge in [0.15, 0.2) is 0 Å². The lowest BCUT2D eigenvalue weighted by Crippen LogP contribution is -2.57. The van der Waals surface area contributed by atoms with Crippen LogP contribution in [0, 0.1) is 0 Å². The first-order valence-electron chi connectivity index (χ1n) is 7.46. The molecule has 0 aromatic rings. The van der Waals surface area contributed by atoms with E-state index in [-0.39, 0.29) is 18.5 Å². The van der Waals surface area contributed by atoms with Crippen molar-refractivity contribution in [3.05, 3.63) is 0 Å². The lowest BCUT2D eigenvalue weighted by atomic mass is 9.93. The zero-order chi connectivity index (χ0) is 15.6. The third-order valence-corrected chi connectivity index (χ3v) is 4.65. The summed E-state index contributed by atoms with van der Waals surface area (Å²) in [7, 11) is 1.72. The van der Waals surface area contributed by atoms with Crippen molar-refractivity contribution in [3.8, 4) is 0 Å². The third kappa shape index (κ3) is 2.69. The van der Waals surface area contributed by atoms with E-state index in [1.54, 1.807) is 18.9 Å². The Hall–Kier alpha value is -1.79. The molecule has 2 heterocycles. The molecule has 21 heavy (non-hydrogen) atoms. The number of nitrogens with zero attached hydrogens (tertiary/aromatic N) is 3. The summed E-state index contributed by atoms with van der Waals surface area (Å²) in [6, 6.07) is -0.319. The number of hydrogen-bond acceptors (Lipinski definition) is 3. The van der Waals surface area contributed by atoms with Gasteiger partial charge < -0.3 is 19.8 Å². The highest BCUT2D eigenvalue weighted by molar-refractivity contribution is 5.89. The van der Waals surface area contributed by atoms with E-state index in [1.807, 2.05) is 0 Å². The molecule has 2 fully saturated rings. The van der Waals surface area contributed by atoms with Crippen LogP contribution in [-0.2, 0) is 9.59 Å². The molecular weight excluding hydrogens is 274 g/mol. The molecule has 2 rings (SSSR count). The van der Waals surface area contributed by atoms with Crippen LogP contribution in [0.5, 0.6) is 0 Å². The van der Waals surface area contributed by atoms with Crippen LogP contribution in [0.1, 0.15) is 32.6 Å². The van der Waals surface area contributed by atoms with Crippen LogP contribution in [0.15, 0.2) is 0 Å². The van der Waals surface area contributed by atoms with Crippen molar-refractivity contribution in [1.29, 1.82) is 0 Å². The van der Waals surface area contributed by atoms with Gasteiger partial charge in [-0.25, -0.2) is 9.59 Å². The number of likely N-dealkylation sites (N-methyl/N-ethyl adjacent to an activating group) is 1. The molecule has 1 N–H and O–H groups in total. The Morgan fingerprint density at radius 1 is 1.24 bits per heavy atom. The molecule has 0 spiro atoms. The number of carboxylic acid groups (broad SMARTS) is 1. The second kappa shape index (κ2) is 5.91. The van der Waals surface area contributed by atoms with Crippen LogP contribution in [0.4, 0.5) is 4.79 Å². The van der Waals surface area contributed by atoms with Gasteiger partial charge in [-0.3, -0.25) is 4.79 Å². The van der Waals surface area contributed by atoms with Gasteiger partial charge >= 0.3 is 12.0 Å². The van der Waals surface area contributed by atoms with E-state index in [0.29, 0.717) is 45.3 Å². The molecule has 1 unspecified atom stereocenters. The van der Waals surface area contributed by atoms with Crippen LogP contribution in [0.2, 0.25) is 0 Å². The third-order valence-electron chi connectivity index (χ3n) is 4.65. The maximum atomic E-state index is 12.7. The fourth-order valence-electron chi connectivity index (χ4n) is 3.22.